The van der Waals surface area contributed by atoms with E-state index in [0.717, 1.165) is 4.88 Å². The van der Waals surface area contributed by atoms with Gasteiger partial charge in [-0.15, -0.1) is 17.9 Å². The maximum absolute atomic E-state index is 11.1. The largest absolute Gasteiger partial charge is 0.349 e. The Balaban J connectivity index is 2.39. The Bertz CT molecular complexity index is 301. The van der Waals surface area contributed by atoms with Crippen LogP contribution in [0.25, 0.3) is 6.08 Å². The first-order chi connectivity index (χ1) is 6.33. The SMILES string of the molecule is C=CCNC(=O)C=Cc1cccs1. The zero-order chi connectivity index (χ0) is 9.52. The van der Waals surface area contributed by atoms with Crippen molar-refractivity contribution < 1.29 is 4.79 Å². The molecular formula is C10H11NOS. The number of nitrogens with one attached hydrogen (secondary N) is 1. The van der Waals surface area contributed by atoms with E-state index < -0.39 is 0 Å². The number of carbonyl (C=O) groups excluding carboxylic acids is 1. The molecule has 0 aliphatic carbocycles. The van der Waals surface area contributed by atoms with Crippen molar-refractivity contribution in [2.24, 2.45) is 0 Å². The highest BCUT2D eigenvalue weighted by Gasteiger charge is 1.91. The van der Waals surface area contributed by atoms with Crippen LogP contribution in [0.3, 0.4) is 0 Å². The molecule has 0 unspecified atom stereocenters. The molecule has 1 heterocycles. The minimum absolute atomic E-state index is 0.0895. The highest BCUT2D eigenvalue weighted by atomic mass is 32.1. The molecule has 0 atom stereocenters. The number of rotatable bonds is 4. The van der Waals surface area contributed by atoms with Gasteiger partial charge in [0.25, 0.3) is 0 Å². The Morgan fingerprint density at radius 3 is 3.15 bits per heavy atom. The molecule has 1 rings (SSSR count). The Kier molecular flexibility index (Phi) is 3.99. The quantitative estimate of drug-likeness (QED) is 0.575. The molecule has 13 heavy (non-hydrogen) atoms. The minimum Gasteiger partial charge on any atom is -0.349 e. The predicted molar refractivity (Wildman–Crippen MR) is 56.6 cm³/mol. The van der Waals surface area contributed by atoms with Gasteiger partial charge in [0.2, 0.25) is 5.91 Å². The summed E-state index contributed by atoms with van der Waals surface area (Å²) in [6, 6.07) is 3.91. The number of carbonyl (C=O) groups is 1. The average Bonchev–Trinajstić information content (AvgIpc) is 2.64. The molecule has 0 radical (unpaired) electrons. The van der Waals surface area contributed by atoms with Gasteiger partial charge < -0.3 is 5.32 Å². The van der Waals surface area contributed by atoms with Crippen molar-refractivity contribution in [1.29, 1.82) is 0 Å². The second-order valence-electron chi connectivity index (χ2n) is 2.38. The molecule has 1 aromatic heterocycles. The third-order valence-electron chi connectivity index (χ3n) is 1.36. The van der Waals surface area contributed by atoms with Crippen molar-refractivity contribution in [2.75, 3.05) is 6.54 Å². The van der Waals surface area contributed by atoms with Crippen LogP contribution in [0, 0.1) is 0 Å². The molecule has 0 aromatic carbocycles. The Morgan fingerprint density at radius 2 is 2.54 bits per heavy atom. The standard InChI is InChI=1S/C10H11NOS/c1-2-7-11-10(12)6-5-9-4-3-8-13-9/h2-6,8H,1,7H2,(H,11,12). The molecule has 0 bridgehead atoms. The van der Waals surface area contributed by atoms with Crippen LogP contribution in [0.5, 0.6) is 0 Å². The van der Waals surface area contributed by atoms with Crippen LogP contribution in [-0.4, -0.2) is 12.5 Å². The van der Waals surface area contributed by atoms with Crippen molar-refractivity contribution in [1.82, 2.24) is 5.32 Å². The Hall–Kier alpha value is -1.35. The lowest BCUT2D eigenvalue weighted by Crippen LogP contribution is -2.20. The first-order valence-corrected chi connectivity index (χ1v) is 4.81. The molecule has 0 aliphatic heterocycles. The van der Waals surface area contributed by atoms with Crippen molar-refractivity contribution in [3.05, 3.63) is 41.1 Å². The predicted octanol–water partition coefficient (Wildman–Crippen LogP) is 2.06. The first-order valence-electron chi connectivity index (χ1n) is 3.93. The molecule has 68 valence electrons. The summed E-state index contributed by atoms with van der Waals surface area (Å²) in [6.07, 6.45) is 4.97. The van der Waals surface area contributed by atoms with Crippen LogP contribution in [0.4, 0.5) is 0 Å². The topological polar surface area (TPSA) is 29.1 Å². The Morgan fingerprint density at radius 1 is 1.69 bits per heavy atom. The average molecular weight is 193 g/mol. The van der Waals surface area contributed by atoms with Crippen LogP contribution in [-0.2, 0) is 4.79 Å². The summed E-state index contributed by atoms with van der Waals surface area (Å²) >= 11 is 1.60. The molecule has 0 saturated heterocycles. The molecule has 1 aromatic rings. The van der Waals surface area contributed by atoms with Gasteiger partial charge in [-0.05, 0) is 17.5 Å². The molecular weight excluding hydrogens is 182 g/mol. The van der Waals surface area contributed by atoms with E-state index in [1.807, 2.05) is 17.5 Å². The molecule has 3 heteroatoms. The molecule has 0 aliphatic rings. The summed E-state index contributed by atoms with van der Waals surface area (Å²) in [6.45, 7) is 4.01. The summed E-state index contributed by atoms with van der Waals surface area (Å²) in [5, 5.41) is 4.63. The van der Waals surface area contributed by atoms with Gasteiger partial charge in [-0.3, -0.25) is 4.79 Å². The van der Waals surface area contributed by atoms with Crippen LogP contribution in [0.2, 0.25) is 0 Å². The number of hydrogen-bond donors (Lipinski definition) is 1. The summed E-state index contributed by atoms with van der Waals surface area (Å²) in [4.78, 5) is 12.1. The zero-order valence-corrected chi connectivity index (χ0v) is 8.01. The second-order valence-corrected chi connectivity index (χ2v) is 3.36. The van der Waals surface area contributed by atoms with Crippen LogP contribution < -0.4 is 5.32 Å². The summed E-state index contributed by atoms with van der Waals surface area (Å²) in [5.41, 5.74) is 0. The number of thiophene rings is 1. The van der Waals surface area contributed by atoms with Crippen molar-refractivity contribution in [3.8, 4) is 0 Å². The second kappa shape index (κ2) is 5.32. The lowest BCUT2D eigenvalue weighted by Gasteiger charge is -1.93. The van der Waals surface area contributed by atoms with E-state index in [1.165, 1.54) is 6.08 Å². The summed E-state index contributed by atoms with van der Waals surface area (Å²) < 4.78 is 0. The molecule has 0 saturated carbocycles. The number of hydrogen-bond acceptors (Lipinski definition) is 2. The minimum atomic E-state index is -0.0895. The van der Waals surface area contributed by atoms with Gasteiger partial charge in [-0.1, -0.05) is 12.1 Å². The lowest BCUT2D eigenvalue weighted by molar-refractivity contribution is -0.116. The normalized spacial score (nSPS) is 10.2. The van der Waals surface area contributed by atoms with E-state index in [9.17, 15) is 4.79 Å². The summed E-state index contributed by atoms with van der Waals surface area (Å²) in [5.74, 6) is -0.0895. The van der Waals surface area contributed by atoms with Crippen molar-refractivity contribution in [2.45, 2.75) is 0 Å². The fraction of sp³-hybridized carbons (Fsp3) is 0.100. The Labute approximate surface area is 81.6 Å². The van der Waals surface area contributed by atoms with Gasteiger partial charge >= 0.3 is 0 Å². The van der Waals surface area contributed by atoms with E-state index in [4.69, 9.17) is 0 Å². The zero-order valence-electron chi connectivity index (χ0n) is 7.19. The fourth-order valence-corrected chi connectivity index (χ4v) is 1.39. The first kappa shape index (κ1) is 9.74. The molecule has 0 fully saturated rings. The fourth-order valence-electron chi connectivity index (χ4n) is 0.776. The smallest absolute Gasteiger partial charge is 0.244 e. The lowest BCUT2D eigenvalue weighted by atomic mass is 10.4. The molecule has 0 spiro atoms. The van der Waals surface area contributed by atoms with Crippen LogP contribution >= 0.6 is 11.3 Å². The maximum Gasteiger partial charge on any atom is 0.244 e. The van der Waals surface area contributed by atoms with Gasteiger partial charge in [-0.2, -0.15) is 0 Å². The molecule has 1 N–H and O–H groups in total. The third kappa shape index (κ3) is 3.71. The highest BCUT2D eigenvalue weighted by molar-refractivity contribution is 7.10. The van der Waals surface area contributed by atoms with Gasteiger partial charge in [-0.25, -0.2) is 0 Å². The van der Waals surface area contributed by atoms with Gasteiger partial charge in [0, 0.05) is 17.5 Å². The van der Waals surface area contributed by atoms with Gasteiger partial charge in [0.1, 0.15) is 0 Å². The third-order valence-corrected chi connectivity index (χ3v) is 2.20. The van der Waals surface area contributed by atoms with Crippen LogP contribution in [0.1, 0.15) is 4.88 Å². The highest BCUT2D eigenvalue weighted by Crippen LogP contribution is 2.09. The monoisotopic (exact) mass is 193 g/mol. The van der Waals surface area contributed by atoms with E-state index in [2.05, 4.69) is 11.9 Å². The maximum atomic E-state index is 11.1. The molecule has 1 amide bonds. The number of amides is 1. The van der Waals surface area contributed by atoms with Gasteiger partial charge in [0.15, 0.2) is 0 Å². The van der Waals surface area contributed by atoms with Crippen LogP contribution in [0.15, 0.2) is 36.2 Å². The van der Waals surface area contributed by atoms with E-state index in [1.54, 1.807) is 23.5 Å². The summed E-state index contributed by atoms with van der Waals surface area (Å²) in [7, 11) is 0. The van der Waals surface area contributed by atoms with E-state index >= 15 is 0 Å². The van der Waals surface area contributed by atoms with E-state index in [-0.39, 0.29) is 5.91 Å². The van der Waals surface area contributed by atoms with Crippen molar-refractivity contribution >= 4 is 23.3 Å². The van der Waals surface area contributed by atoms with E-state index in [0.29, 0.717) is 6.54 Å². The molecule has 2 nitrogen and oxygen atoms in total. The van der Waals surface area contributed by atoms with Crippen molar-refractivity contribution in [3.63, 3.8) is 0 Å². The van der Waals surface area contributed by atoms with Gasteiger partial charge in [0.05, 0.1) is 0 Å².